The van der Waals surface area contributed by atoms with Gasteiger partial charge < -0.3 is 9.84 Å². The molecular formula is C17H19Cl2NO4. The van der Waals surface area contributed by atoms with Crippen LogP contribution in [0.15, 0.2) is 24.0 Å². The maximum atomic E-state index is 12.5. The molecule has 130 valence electrons. The van der Waals surface area contributed by atoms with Crippen LogP contribution in [-0.4, -0.2) is 41.6 Å². The van der Waals surface area contributed by atoms with Crippen molar-refractivity contribution in [1.29, 1.82) is 0 Å². The van der Waals surface area contributed by atoms with Crippen LogP contribution in [0.3, 0.4) is 0 Å². The number of hydrogen-bond acceptors (Lipinski definition) is 4. The van der Waals surface area contributed by atoms with Crippen LogP contribution in [0, 0.1) is 0 Å². The molecule has 0 fully saturated rings. The summed E-state index contributed by atoms with van der Waals surface area (Å²) in [4.78, 5) is 25.6. The average molecular weight is 372 g/mol. The minimum atomic E-state index is -0.713. The molecular weight excluding hydrogens is 353 g/mol. The van der Waals surface area contributed by atoms with Crippen LogP contribution < -0.4 is 0 Å². The third-order valence-corrected chi connectivity index (χ3v) is 4.20. The van der Waals surface area contributed by atoms with Gasteiger partial charge in [0.2, 0.25) is 0 Å². The highest BCUT2D eigenvalue weighted by Gasteiger charge is 2.39. The third-order valence-electron chi connectivity index (χ3n) is 3.66. The topological polar surface area (TPSA) is 66.8 Å². The number of aliphatic hydroxyl groups is 1. The molecule has 24 heavy (non-hydrogen) atoms. The Morgan fingerprint density at radius 3 is 2.50 bits per heavy atom. The molecule has 0 radical (unpaired) electrons. The van der Waals surface area contributed by atoms with Crippen LogP contribution in [0.25, 0.3) is 5.57 Å². The van der Waals surface area contributed by atoms with Crippen LogP contribution >= 0.6 is 23.2 Å². The third kappa shape index (κ3) is 4.09. The van der Waals surface area contributed by atoms with Gasteiger partial charge in [0.05, 0.1) is 10.6 Å². The second-order valence-electron chi connectivity index (χ2n) is 5.43. The molecule has 1 aromatic rings. The summed E-state index contributed by atoms with van der Waals surface area (Å²) in [6, 6.07) is 4.52. The molecule has 0 aromatic heterocycles. The lowest BCUT2D eigenvalue weighted by Crippen LogP contribution is -2.33. The van der Waals surface area contributed by atoms with Crippen LogP contribution in [0.4, 0.5) is 0 Å². The molecule has 1 aromatic carbocycles. The van der Waals surface area contributed by atoms with Crippen molar-refractivity contribution in [3.63, 3.8) is 0 Å². The summed E-state index contributed by atoms with van der Waals surface area (Å²) in [6.07, 6.45) is 2.53. The van der Waals surface area contributed by atoms with Crippen molar-refractivity contribution in [2.45, 2.75) is 26.2 Å². The molecule has 0 spiro atoms. The number of carbonyl (C=O) groups is 2. The van der Waals surface area contributed by atoms with E-state index in [1.807, 2.05) is 0 Å². The van der Waals surface area contributed by atoms with E-state index >= 15 is 0 Å². The number of hydrogen-bond donors (Lipinski definition) is 1. The molecule has 0 saturated heterocycles. The van der Waals surface area contributed by atoms with E-state index in [0.717, 1.165) is 17.7 Å². The Hall–Kier alpha value is -1.56. The molecule has 0 bridgehead atoms. The van der Waals surface area contributed by atoms with Gasteiger partial charge in [-0.15, -0.1) is 0 Å². The number of rotatable bonds is 8. The number of amides is 2. The predicted molar refractivity (Wildman–Crippen MR) is 93.1 cm³/mol. The summed E-state index contributed by atoms with van der Waals surface area (Å²) in [6.45, 7) is 3.37. The van der Waals surface area contributed by atoms with Crippen molar-refractivity contribution in [2.75, 3.05) is 19.8 Å². The first kappa shape index (κ1) is 18.8. The zero-order valence-corrected chi connectivity index (χ0v) is 14.9. The highest BCUT2D eigenvalue weighted by Crippen LogP contribution is 2.33. The largest absolute Gasteiger partial charge is 0.502 e. The Kier molecular flexibility index (Phi) is 6.66. The number of aliphatic hydroxyl groups excluding tert-OH is 1. The second kappa shape index (κ2) is 8.51. The zero-order valence-electron chi connectivity index (χ0n) is 13.3. The number of unbranched alkanes of at least 4 members (excludes halogenated alkanes) is 1. The molecule has 0 aliphatic carbocycles. The first-order chi connectivity index (χ1) is 11.5. The number of ether oxygens (including phenoxy) is 1. The Morgan fingerprint density at radius 1 is 1.12 bits per heavy atom. The molecule has 1 aliphatic heterocycles. The fourth-order valence-corrected chi connectivity index (χ4v) is 2.88. The summed E-state index contributed by atoms with van der Waals surface area (Å²) < 4.78 is 5.41. The highest BCUT2D eigenvalue weighted by molar-refractivity contribution is 6.40. The van der Waals surface area contributed by atoms with Crippen LogP contribution in [0.5, 0.6) is 0 Å². The highest BCUT2D eigenvalue weighted by atomic mass is 35.5. The summed E-state index contributed by atoms with van der Waals surface area (Å²) in [5.41, 5.74) is 0.201. The molecule has 0 saturated carbocycles. The van der Waals surface area contributed by atoms with Gasteiger partial charge in [-0.1, -0.05) is 42.6 Å². The van der Waals surface area contributed by atoms with Gasteiger partial charge in [-0.25, -0.2) is 0 Å². The van der Waals surface area contributed by atoms with Gasteiger partial charge in [0, 0.05) is 30.3 Å². The predicted octanol–water partition coefficient (Wildman–Crippen LogP) is 3.84. The summed E-state index contributed by atoms with van der Waals surface area (Å²) in [5.74, 6) is -1.86. The Morgan fingerprint density at radius 2 is 1.83 bits per heavy atom. The Bertz CT molecular complexity index is 673. The van der Waals surface area contributed by atoms with Gasteiger partial charge >= 0.3 is 0 Å². The van der Waals surface area contributed by atoms with E-state index in [1.54, 1.807) is 6.07 Å². The minimum absolute atomic E-state index is 0.0893. The molecule has 7 heteroatoms. The van der Waals surface area contributed by atoms with Crippen LogP contribution in [0.1, 0.15) is 31.7 Å². The van der Waals surface area contributed by atoms with E-state index in [-0.39, 0.29) is 17.1 Å². The van der Waals surface area contributed by atoms with E-state index in [4.69, 9.17) is 27.9 Å². The van der Waals surface area contributed by atoms with Crippen molar-refractivity contribution >= 4 is 40.6 Å². The van der Waals surface area contributed by atoms with Crippen LogP contribution in [0.2, 0.25) is 10.0 Å². The molecule has 2 rings (SSSR count). The molecule has 0 atom stereocenters. The Labute approximate surface area is 150 Å². The molecule has 1 heterocycles. The van der Waals surface area contributed by atoms with E-state index in [9.17, 15) is 14.7 Å². The van der Waals surface area contributed by atoms with Gasteiger partial charge in [0.1, 0.15) is 0 Å². The van der Waals surface area contributed by atoms with Gasteiger partial charge in [-0.3, -0.25) is 14.5 Å². The number of benzene rings is 1. The molecule has 1 N–H and O–H groups in total. The van der Waals surface area contributed by atoms with Gasteiger partial charge in [-0.2, -0.15) is 0 Å². The molecule has 1 aliphatic rings. The van der Waals surface area contributed by atoms with Crippen molar-refractivity contribution < 1.29 is 19.4 Å². The number of imide groups is 1. The first-order valence-electron chi connectivity index (χ1n) is 7.80. The zero-order chi connectivity index (χ0) is 17.7. The number of halogens is 2. The van der Waals surface area contributed by atoms with Gasteiger partial charge in [0.25, 0.3) is 11.8 Å². The lowest BCUT2D eigenvalue weighted by Gasteiger charge is -2.14. The van der Waals surface area contributed by atoms with E-state index in [0.29, 0.717) is 30.2 Å². The summed E-state index contributed by atoms with van der Waals surface area (Å²) >= 11 is 11.9. The van der Waals surface area contributed by atoms with Gasteiger partial charge in [-0.05, 0) is 25.0 Å². The molecule has 2 amide bonds. The standard InChI is InChI=1S/C17H19Cl2NO4/c1-2-3-8-24-9-4-7-20-16(22)14(15(21)17(20)23)12-6-5-11(18)10-13(12)19/h5-6,10,21H,2-4,7-9H2,1H3. The van der Waals surface area contributed by atoms with E-state index in [1.165, 1.54) is 12.1 Å². The fraction of sp³-hybridized carbons (Fsp3) is 0.412. The average Bonchev–Trinajstić information content (AvgIpc) is 2.75. The fourth-order valence-electron chi connectivity index (χ4n) is 2.37. The minimum Gasteiger partial charge on any atom is -0.502 e. The lowest BCUT2D eigenvalue weighted by atomic mass is 10.1. The van der Waals surface area contributed by atoms with Crippen molar-refractivity contribution in [3.05, 3.63) is 39.6 Å². The Balaban J connectivity index is 2.04. The van der Waals surface area contributed by atoms with E-state index < -0.39 is 17.6 Å². The van der Waals surface area contributed by atoms with Crippen molar-refractivity contribution in [2.24, 2.45) is 0 Å². The quantitative estimate of drug-likeness (QED) is 0.556. The maximum Gasteiger partial charge on any atom is 0.296 e. The number of nitrogens with zero attached hydrogens (tertiary/aromatic N) is 1. The van der Waals surface area contributed by atoms with Gasteiger partial charge in [0.15, 0.2) is 5.76 Å². The normalized spacial score (nSPS) is 14.9. The van der Waals surface area contributed by atoms with E-state index in [2.05, 4.69) is 6.92 Å². The number of carbonyl (C=O) groups excluding carboxylic acids is 2. The molecule has 5 nitrogen and oxygen atoms in total. The monoisotopic (exact) mass is 371 g/mol. The van der Waals surface area contributed by atoms with Crippen molar-refractivity contribution in [1.82, 2.24) is 4.90 Å². The van der Waals surface area contributed by atoms with Crippen molar-refractivity contribution in [3.8, 4) is 0 Å². The van der Waals surface area contributed by atoms with Crippen LogP contribution in [-0.2, 0) is 14.3 Å². The molecule has 0 unspecified atom stereocenters. The first-order valence-corrected chi connectivity index (χ1v) is 8.55. The second-order valence-corrected chi connectivity index (χ2v) is 6.27. The lowest BCUT2D eigenvalue weighted by molar-refractivity contribution is -0.138. The summed E-state index contributed by atoms with van der Waals surface area (Å²) in [5, 5.41) is 10.7. The summed E-state index contributed by atoms with van der Waals surface area (Å²) in [7, 11) is 0. The maximum absolute atomic E-state index is 12.5. The SMILES string of the molecule is CCCCOCCCN1C(=O)C(O)=C(c2ccc(Cl)cc2Cl)C1=O. The smallest absolute Gasteiger partial charge is 0.296 e.